The van der Waals surface area contributed by atoms with Gasteiger partial charge in [-0.25, -0.2) is 15.0 Å². The number of aryl methyl sites for hydroxylation is 1. The summed E-state index contributed by atoms with van der Waals surface area (Å²) in [7, 11) is 0. The Bertz CT molecular complexity index is 753. The maximum Gasteiger partial charge on any atom is 0.263 e. The molecule has 3 aromatic heterocycles. The molecule has 0 unspecified atom stereocenters. The molecule has 5 nitrogen and oxygen atoms in total. The van der Waals surface area contributed by atoms with Gasteiger partial charge in [0.2, 0.25) is 0 Å². The van der Waals surface area contributed by atoms with Gasteiger partial charge in [0.1, 0.15) is 4.88 Å². The molecule has 3 aromatic rings. The van der Waals surface area contributed by atoms with Gasteiger partial charge in [0.25, 0.3) is 5.91 Å². The molecule has 3 heterocycles. The third-order valence-electron chi connectivity index (χ3n) is 3.04. The number of carbonyl (C=O) groups excluding carboxylic acids is 1. The first-order chi connectivity index (χ1) is 10.7. The molecule has 0 bridgehead atoms. The number of hydrogen-bond acceptors (Lipinski definition) is 6. The van der Waals surface area contributed by atoms with Crippen molar-refractivity contribution in [2.45, 2.75) is 13.3 Å². The number of hydrogen-bond donors (Lipinski definition) is 1. The highest BCUT2D eigenvalue weighted by molar-refractivity contribution is 7.17. The van der Waals surface area contributed by atoms with E-state index in [4.69, 9.17) is 0 Å². The minimum atomic E-state index is -0.0904. The molecule has 0 aliphatic rings. The van der Waals surface area contributed by atoms with Gasteiger partial charge in [-0.1, -0.05) is 0 Å². The summed E-state index contributed by atoms with van der Waals surface area (Å²) in [5.41, 5.74) is 1.95. The summed E-state index contributed by atoms with van der Waals surface area (Å²) >= 11 is 2.99. The molecule has 0 radical (unpaired) electrons. The number of aromatic nitrogens is 3. The van der Waals surface area contributed by atoms with Crippen LogP contribution >= 0.6 is 22.7 Å². The minimum Gasteiger partial charge on any atom is -0.351 e. The first kappa shape index (κ1) is 14.8. The van der Waals surface area contributed by atoms with Crippen molar-refractivity contribution in [2.75, 3.05) is 6.54 Å². The first-order valence-electron chi connectivity index (χ1n) is 6.78. The summed E-state index contributed by atoms with van der Waals surface area (Å²) < 4.78 is 0. The topological polar surface area (TPSA) is 67.8 Å². The van der Waals surface area contributed by atoms with Crippen LogP contribution in [0.5, 0.6) is 0 Å². The average molecular weight is 330 g/mol. The number of rotatable bonds is 5. The smallest absolute Gasteiger partial charge is 0.263 e. The molecule has 1 N–H and O–H groups in total. The summed E-state index contributed by atoms with van der Waals surface area (Å²) in [6, 6.07) is 3.82. The first-order valence-corrected chi connectivity index (χ1v) is 8.54. The number of amides is 1. The quantitative estimate of drug-likeness (QED) is 0.781. The Kier molecular flexibility index (Phi) is 4.55. The van der Waals surface area contributed by atoms with Crippen LogP contribution in [-0.2, 0) is 6.42 Å². The van der Waals surface area contributed by atoms with Crippen LogP contribution < -0.4 is 5.32 Å². The standard InChI is InChI=1S/C15H14N4OS2/c1-10-12(14(20)18-7-3-11-4-8-21-9-11)22-15(19-10)13-16-5-2-6-17-13/h2,4-6,8-9H,3,7H2,1H3,(H,18,20). The number of carbonyl (C=O) groups is 1. The monoisotopic (exact) mass is 330 g/mol. The van der Waals surface area contributed by atoms with E-state index in [1.807, 2.05) is 12.3 Å². The van der Waals surface area contributed by atoms with Crippen LogP contribution in [0.25, 0.3) is 10.8 Å². The van der Waals surface area contributed by atoms with Crippen LogP contribution in [0.2, 0.25) is 0 Å². The third kappa shape index (κ3) is 3.37. The summed E-state index contributed by atoms with van der Waals surface area (Å²) in [5, 5.41) is 7.74. The van der Waals surface area contributed by atoms with E-state index in [2.05, 4.69) is 31.7 Å². The molecule has 3 rings (SSSR count). The predicted molar refractivity (Wildman–Crippen MR) is 88.2 cm³/mol. The van der Waals surface area contributed by atoms with Crippen LogP contribution in [0.3, 0.4) is 0 Å². The second-order valence-corrected chi connectivity index (χ2v) is 6.42. The lowest BCUT2D eigenvalue weighted by atomic mass is 10.2. The number of thiophene rings is 1. The van der Waals surface area contributed by atoms with Crippen molar-refractivity contribution in [3.63, 3.8) is 0 Å². The van der Waals surface area contributed by atoms with Gasteiger partial charge in [0.05, 0.1) is 5.69 Å². The van der Waals surface area contributed by atoms with Crippen molar-refractivity contribution >= 4 is 28.6 Å². The van der Waals surface area contributed by atoms with Crippen molar-refractivity contribution in [3.05, 3.63) is 51.4 Å². The number of nitrogens with one attached hydrogen (secondary N) is 1. The largest absolute Gasteiger partial charge is 0.351 e. The zero-order valence-electron chi connectivity index (χ0n) is 11.9. The Labute approximate surface area is 136 Å². The number of nitrogens with zero attached hydrogens (tertiary/aromatic N) is 3. The molecule has 0 aliphatic heterocycles. The Balaban J connectivity index is 1.66. The Morgan fingerprint density at radius 3 is 2.86 bits per heavy atom. The van der Waals surface area contributed by atoms with E-state index in [-0.39, 0.29) is 5.91 Å². The van der Waals surface area contributed by atoms with Gasteiger partial charge in [-0.05, 0) is 41.8 Å². The second-order valence-electron chi connectivity index (χ2n) is 4.64. The summed E-state index contributed by atoms with van der Waals surface area (Å²) in [6.07, 6.45) is 4.17. The Morgan fingerprint density at radius 1 is 1.32 bits per heavy atom. The van der Waals surface area contributed by atoms with Crippen LogP contribution in [0.4, 0.5) is 0 Å². The van der Waals surface area contributed by atoms with E-state index in [1.165, 1.54) is 16.9 Å². The molecule has 112 valence electrons. The fourth-order valence-electron chi connectivity index (χ4n) is 1.95. The van der Waals surface area contributed by atoms with E-state index >= 15 is 0 Å². The van der Waals surface area contributed by atoms with Crippen molar-refractivity contribution < 1.29 is 4.79 Å². The highest BCUT2D eigenvalue weighted by Gasteiger charge is 2.16. The van der Waals surface area contributed by atoms with Gasteiger partial charge in [0.15, 0.2) is 10.8 Å². The maximum absolute atomic E-state index is 12.3. The van der Waals surface area contributed by atoms with E-state index in [1.54, 1.807) is 29.8 Å². The molecule has 7 heteroatoms. The molecule has 0 fully saturated rings. The SMILES string of the molecule is Cc1nc(-c2ncccn2)sc1C(=O)NCCc1ccsc1. The maximum atomic E-state index is 12.3. The molecular weight excluding hydrogens is 316 g/mol. The van der Waals surface area contributed by atoms with Gasteiger partial charge in [0, 0.05) is 18.9 Å². The minimum absolute atomic E-state index is 0.0904. The lowest BCUT2D eigenvalue weighted by molar-refractivity contribution is 0.0957. The average Bonchev–Trinajstić information content (AvgIpc) is 3.17. The third-order valence-corrected chi connectivity index (χ3v) is 4.92. The molecule has 22 heavy (non-hydrogen) atoms. The summed E-state index contributed by atoms with van der Waals surface area (Å²) in [4.78, 5) is 25.6. The molecule has 0 aromatic carbocycles. The molecular formula is C15H14N4OS2. The Morgan fingerprint density at radius 2 is 2.14 bits per heavy atom. The molecule has 0 aliphatic carbocycles. The fourth-order valence-corrected chi connectivity index (χ4v) is 3.58. The van der Waals surface area contributed by atoms with E-state index < -0.39 is 0 Å². The van der Waals surface area contributed by atoms with Gasteiger partial charge in [-0.15, -0.1) is 11.3 Å². The Hall–Kier alpha value is -2.12. The van der Waals surface area contributed by atoms with Crippen LogP contribution in [0, 0.1) is 6.92 Å². The van der Waals surface area contributed by atoms with Crippen molar-refractivity contribution in [1.29, 1.82) is 0 Å². The highest BCUT2D eigenvalue weighted by atomic mass is 32.1. The van der Waals surface area contributed by atoms with Crippen LogP contribution in [0.15, 0.2) is 35.3 Å². The molecule has 0 spiro atoms. The van der Waals surface area contributed by atoms with Crippen molar-refractivity contribution in [1.82, 2.24) is 20.3 Å². The van der Waals surface area contributed by atoms with Gasteiger partial charge in [-0.2, -0.15) is 11.3 Å². The molecule has 0 saturated heterocycles. The zero-order valence-corrected chi connectivity index (χ0v) is 13.6. The predicted octanol–water partition coefficient (Wildman–Crippen LogP) is 2.94. The molecule has 1 amide bonds. The number of thiazole rings is 1. The van der Waals surface area contributed by atoms with Crippen molar-refractivity contribution in [2.24, 2.45) is 0 Å². The van der Waals surface area contributed by atoms with Crippen LogP contribution in [-0.4, -0.2) is 27.4 Å². The zero-order chi connectivity index (χ0) is 15.4. The van der Waals surface area contributed by atoms with E-state index in [0.29, 0.717) is 27.9 Å². The lowest BCUT2D eigenvalue weighted by Crippen LogP contribution is -2.25. The van der Waals surface area contributed by atoms with Crippen LogP contribution in [0.1, 0.15) is 20.9 Å². The van der Waals surface area contributed by atoms with E-state index in [9.17, 15) is 4.79 Å². The normalized spacial score (nSPS) is 10.6. The summed E-state index contributed by atoms with van der Waals surface area (Å²) in [6.45, 7) is 2.45. The lowest BCUT2D eigenvalue weighted by Gasteiger charge is -2.02. The fraction of sp³-hybridized carbons (Fsp3) is 0.200. The highest BCUT2D eigenvalue weighted by Crippen LogP contribution is 2.24. The van der Waals surface area contributed by atoms with E-state index in [0.717, 1.165) is 6.42 Å². The summed E-state index contributed by atoms with van der Waals surface area (Å²) in [5.74, 6) is 0.459. The molecule has 0 atom stereocenters. The molecule has 0 saturated carbocycles. The van der Waals surface area contributed by atoms with Gasteiger partial charge >= 0.3 is 0 Å². The van der Waals surface area contributed by atoms with Crippen molar-refractivity contribution in [3.8, 4) is 10.8 Å². The van der Waals surface area contributed by atoms with Gasteiger partial charge < -0.3 is 5.32 Å². The second kappa shape index (κ2) is 6.76. The van der Waals surface area contributed by atoms with Gasteiger partial charge in [-0.3, -0.25) is 4.79 Å².